The van der Waals surface area contributed by atoms with Gasteiger partial charge in [0.05, 0.1) is 40.7 Å². The minimum Gasteiger partial charge on any atom is -0.744 e. The van der Waals surface area contributed by atoms with E-state index in [0.29, 0.717) is 64.0 Å². The van der Waals surface area contributed by atoms with E-state index in [2.05, 4.69) is 10.6 Å². The molecule has 23 nitrogen and oxygen atoms in total. The molecule has 1 aliphatic rings. The topological polar surface area (TPSA) is 407 Å². The highest BCUT2D eigenvalue weighted by atomic mass is 32.2. The number of rotatable bonds is 31. The average Bonchev–Trinajstić information content (AvgIpc) is 0.803. The van der Waals surface area contributed by atoms with Crippen molar-refractivity contribution in [2.45, 2.75) is 136 Å². The van der Waals surface area contributed by atoms with Crippen LogP contribution in [0.2, 0.25) is 0 Å². The molecular formula is C81H79N5O18S6-2. The van der Waals surface area contributed by atoms with Gasteiger partial charge in [0.2, 0.25) is 0 Å². The number of hydrogen-bond donors (Lipinski definition) is 7. The number of nitrogens with two attached hydrogens (primary N) is 1. The minimum absolute atomic E-state index is 0.165. The summed E-state index contributed by atoms with van der Waals surface area (Å²) in [5.41, 5.74) is 17.6. The van der Waals surface area contributed by atoms with E-state index in [0.717, 1.165) is 45.4 Å². The monoisotopic (exact) mass is 1600 g/mol. The van der Waals surface area contributed by atoms with Gasteiger partial charge in [0.15, 0.2) is 0 Å². The number of nitrogens with one attached hydrogen (secondary N) is 2. The standard InChI is InChI=1S/C81H81N5O18S6/c1-53(55-5-35-76(36-6-55)105(87,88)89)47-62(58-9-39-78(40-10-58)107(93,94)95)49-64(57-3-19-68(20-4-57)83-70-23-27-72(28-24-70)85-74-31-33-75(34-32-74)86-73-29-25-71(26-30-73)84-69-21-17-67(82)18-22-69)51-66(61-15-45-81(46-16-61)110(102,103)104)52-65(60-13-43-80(44-14-60)109(99,100)101)50-63(59-11-41-79(42-12-59)108(96,97)98)48-54(2)56-7-37-77(38-8-56)106(90,91)92/h3-31,33,35-46,53-54,62-66,83-84H,32,34,47-52,82H2,1-2H3,(H,87,88,89)(H,90,91,92)(H,93,94,95)(H,96,97,98)(H,99,100,101)(H,102,103,104)/p-2. The van der Waals surface area contributed by atoms with Crippen LogP contribution in [0.15, 0.2) is 294 Å². The zero-order valence-electron chi connectivity index (χ0n) is 59.4. The Morgan fingerprint density at radius 2 is 0.518 bits per heavy atom. The SMILES string of the molecule is CC(CC(CC(CC(CC(CC(CC(C)c1ccc(S(=O)(=O)O)cc1)c1ccc(S(=O)(=O)O)cc1)c1ccc(S(=O)(=O)[O-])cc1)c1ccc(S(=O)(=O)[O-])cc1)c1ccc(Nc2ccc(N=C3C=CC(=Nc4ccc(Nc5ccc(N)cc5)cc4)CC3)cc2)cc1)c1ccc(S(=O)(=O)O)cc1)c1ccc(S(=O)(=O)O)cc1. The van der Waals surface area contributed by atoms with Crippen LogP contribution in [0.4, 0.5) is 39.8 Å². The molecule has 0 radical (unpaired) electrons. The summed E-state index contributed by atoms with van der Waals surface area (Å²) in [4.78, 5) is 7.31. The summed E-state index contributed by atoms with van der Waals surface area (Å²) in [6.07, 6.45) is 6.78. The summed E-state index contributed by atoms with van der Waals surface area (Å²) in [7, 11) is -28.5. The van der Waals surface area contributed by atoms with Gasteiger partial charge < -0.3 is 25.5 Å². The van der Waals surface area contributed by atoms with E-state index in [-0.39, 0.29) is 58.6 Å². The molecule has 10 aromatic carbocycles. The highest BCUT2D eigenvalue weighted by Gasteiger charge is 2.32. The Morgan fingerprint density at radius 1 is 0.309 bits per heavy atom. The van der Waals surface area contributed by atoms with Crippen LogP contribution in [-0.2, 0) is 60.7 Å². The first-order valence-corrected chi connectivity index (χ1v) is 43.5. The Morgan fingerprint density at radius 3 is 0.755 bits per heavy atom. The van der Waals surface area contributed by atoms with Gasteiger partial charge in [0.1, 0.15) is 20.2 Å². The van der Waals surface area contributed by atoms with Gasteiger partial charge in [-0.2, -0.15) is 33.7 Å². The first kappa shape index (κ1) is 81.1. The molecule has 29 heteroatoms. The molecule has 0 heterocycles. The van der Waals surface area contributed by atoms with Gasteiger partial charge in [0, 0.05) is 39.9 Å². The quantitative estimate of drug-likeness (QED) is 0.0157. The predicted octanol–water partition coefficient (Wildman–Crippen LogP) is 16.9. The van der Waals surface area contributed by atoms with E-state index in [1.54, 1.807) is 48.5 Å². The molecule has 7 atom stereocenters. The maximum Gasteiger partial charge on any atom is 0.294 e. The lowest BCUT2D eigenvalue weighted by molar-refractivity contribution is 0.386. The third-order valence-electron chi connectivity index (χ3n) is 19.9. The molecule has 0 amide bonds. The van der Waals surface area contributed by atoms with E-state index in [9.17, 15) is 77.8 Å². The van der Waals surface area contributed by atoms with E-state index in [1.165, 1.54) is 97.1 Å². The number of hydrogen-bond acceptors (Lipinski definition) is 19. The van der Waals surface area contributed by atoms with Crippen LogP contribution in [0.1, 0.15) is 146 Å². The smallest absolute Gasteiger partial charge is 0.294 e. The first-order chi connectivity index (χ1) is 51.9. The highest BCUT2D eigenvalue weighted by Crippen LogP contribution is 2.48. The molecule has 7 unspecified atom stereocenters. The molecule has 11 rings (SSSR count). The maximum absolute atomic E-state index is 12.6. The Balaban J connectivity index is 0.957. The lowest BCUT2D eigenvalue weighted by atomic mass is 9.71. The van der Waals surface area contributed by atoms with Crippen molar-refractivity contribution in [3.05, 3.63) is 294 Å². The number of nitrogens with zero attached hydrogens (tertiary/aromatic N) is 2. The fourth-order valence-corrected chi connectivity index (χ4v) is 16.9. The van der Waals surface area contributed by atoms with E-state index in [4.69, 9.17) is 15.7 Å². The van der Waals surface area contributed by atoms with Crippen molar-refractivity contribution in [3.63, 3.8) is 0 Å². The lowest BCUT2D eigenvalue weighted by Crippen LogP contribution is -2.17. The second kappa shape index (κ2) is 34.2. The summed E-state index contributed by atoms with van der Waals surface area (Å²) >= 11 is 0. The molecule has 10 aromatic rings. The zero-order chi connectivity index (χ0) is 78.9. The summed E-state index contributed by atoms with van der Waals surface area (Å²) in [6.45, 7) is 3.80. The van der Waals surface area contributed by atoms with Crippen molar-refractivity contribution < 1.29 is 77.8 Å². The lowest BCUT2D eigenvalue weighted by Gasteiger charge is -2.33. The summed E-state index contributed by atoms with van der Waals surface area (Å²) < 4.78 is 214. The molecule has 0 saturated carbocycles. The molecule has 0 bridgehead atoms. The van der Waals surface area contributed by atoms with Crippen molar-refractivity contribution in [2.24, 2.45) is 9.98 Å². The molecule has 8 N–H and O–H groups in total. The van der Waals surface area contributed by atoms with Crippen LogP contribution in [0.3, 0.4) is 0 Å². The number of anilines is 5. The van der Waals surface area contributed by atoms with Crippen LogP contribution in [-0.4, -0.2) is 89.2 Å². The number of benzene rings is 10. The van der Waals surface area contributed by atoms with Crippen LogP contribution in [0, 0.1) is 0 Å². The second-order valence-corrected chi connectivity index (χ2v) is 36.0. The van der Waals surface area contributed by atoms with E-state index < -0.39 is 105 Å². The first-order valence-electron chi connectivity index (χ1n) is 34.9. The number of aliphatic imine (C=N–C) groups is 2. The largest absolute Gasteiger partial charge is 0.744 e. The van der Waals surface area contributed by atoms with Gasteiger partial charge >= 0.3 is 0 Å². The van der Waals surface area contributed by atoms with Gasteiger partial charge in [-0.15, -0.1) is 0 Å². The fourth-order valence-electron chi connectivity index (χ4n) is 14.0. The molecular weight excluding hydrogens is 1520 g/mol. The predicted molar refractivity (Wildman–Crippen MR) is 421 cm³/mol. The number of nitrogen functional groups attached to an aromatic ring is 1. The Hall–Kier alpha value is -9.86. The third kappa shape index (κ3) is 22.2. The van der Waals surface area contributed by atoms with E-state index >= 15 is 0 Å². The molecule has 1 aliphatic carbocycles. The normalized spacial score (nSPS) is 15.8. The van der Waals surface area contributed by atoms with Crippen molar-refractivity contribution >= 4 is 112 Å². The third-order valence-corrected chi connectivity index (χ3v) is 25.1. The highest BCUT2D eigenvalue weighted by molar-refractivity contribution is 7.87. The Kier molecular flexibility index (Phi) is 25.2. The van der Waals surface area contributed by atoms with Crippen LogP contribution < -0.4 is 16.4 Å². The Bertz CT molecular complexity index is 5730. The summed E-state index contributed by atoms with van der Waals surface area (Å²) in [5.74, 6) is -3.53. The Labute approximate surface area is 641 Å². The average molecular weight is 1600 g/mol. The van der Waals surface area contributed by atoms with Gasteiger partial charge in [-0.1, -0.05) is 98.8 Å². The second-order valence-electron chi connectivity index (χ2n) is 27.6. The van der Waals surface area contributed by atoms with Crippen LogP contribution in [0.5, 0.6) is 0 Å². The fraction of sp³-hybridized carbons (Fsp3) is 0.210. The van der Waals surface area contributed by atoms with Crippen molar-refractivity contribution in [1.82, 2.24) is 0 Å². The zero-order valence-corrected chi connectivity index (χ0v) is 64.3. The minimum atomic E-state index is -4.99. The van der Waals surface area contributed by atoms with Gasteiger partial charge in [-0.25, -0.2) is 16.8 Å². The molecule has 0 saturated heterocycles. The molecule has 0 fully saturated rings. The summed E-state index contributed by atoms with van der Waals surface area (Å²) in [5, 5.41) is 6.84. The van der Waals surface area contributed by atoms with Gasteiger partial charge in [0.25, 0.3) is 40.5 Å². The van der Waals surface area contributed by atoms with E-state index in [1.807, 2.05) is 123 Å². The molecule has 0 spiro atoms. The van der Waals surface area contributed by atoms with Crippen LogP contribution >= 0.6 is 0 Å². The number of allylic oxidation sites excluding steroid dienone is 2. The molecule has 574 valence electrons. The molecule has 110 heavy (non-hydrogen) atoms. The van der Waals surface area contributed by atoms with Gasteiger partial charge in [-0.05, 0) is 302 Å². The van der Waals surface area contributed by atoms with Crippen LogP contribution in [0.25, 0.3) is 0 Å². The van der Waals surface area contributed by atoms with Crippen molar-refractivity contribution in [1.29, 1.82) is 0 Å². The molecule has 0 aromatic heterocycles. The maximum atomic E-state index is 12.6. The molecule has 0 aliphatic heterocycles. The van der Waals surface area contributed by atoms with Gasteiger partial charge in [-0.3, -0.25) is 28.2 Å². The summed E-state index contributed by atoms with van der Waals surface area (Å²) in [6, 6.07) is 64.2. The van der Waals surface area contributed by atoms with Crippen molar-refractivity contribution in [2.75, 3.05) is 16.4 Å². The van der Waals surface area contributed by atoms with Crippen molar-refractivity contribution in [3.8, 4) is 0 Å².